The highest BCUT2D eigenvalue weighted by molar-refractivity contribution is 5.85. The van der Waals surface area contributed by atoms with Gasteiger partial charge in [-0.1, -0.05) is 0 Å². The lowest BCUT2D eigenvalue weighted by molar-refractivity contribution is 0.00864. The van der Waals surface area contributed by atoms with Crippen LogP contribution in [0.3, 0.4) is 0 Å². The van der Waals surface area contributed by atoms with Crippen LogP contribution in [-0.4, -0.2) is 43.3 Å². The molecule has 0 unspecified atom stereocenters. The van der Waals surface area contributed by atoms with Gasteiger partial charge in [0, 0.05) is 32.2 Å². The van der Waals surface area contributed by atoms with E-state index in [-0.39, 0.29) is 12.4 Å². The molecular weight excluding hydrogens is 155 g/mol. The van der Waals surface area contributed by atoms with Crippen molar-refractivity contribution < 1.29 is 4.39 Å². The number of rotatable bonds is 1. The molecule has 0 aromatic carbocycles. The third kappa shape index (κ3) is 1.26. The molecule has 2 saturated heterocycles. The van der Waals surface area contributed by atoms with Crippen molar-refractivity contribution in [2.24, 2.45) is 0 Å². The van der Waals surface area contributed by atoms with Crippen LogP contribution in [0.15, 0.2) is 0 Å². The maximum atomic E-state index is 12.2. The molecule has 2 rings (SSSR count). The third-order valence-electron chi connectivity index (χ3n) is 2.14. The molecule has 2 nitrogen and oxygen atoms in total. The molecule has 0 amide bonds. The standard InChI is InChI=1S/C6H11FN2.ClH/c7-5-3-9(4-5)6-1-8-2-6;/h5-6,8H,1-4H2;1H. The van der Waals surface area contributed by atoms with E-state index in [1.165, 1.54) is 0 Å². The van der Waals surface area contributed by atoms with E-state index in [0.717, 1.165) is 13.1 Å². The lowest BCUT2D eigenvalue weighted by Gasteiger charge is -2.45. The molecule has 2 fully saturated rings. The van der Waals surface area contributed by atoms with Gasteiger partial charge in [-0.2, -0.15) is 0 Å². The van der Waals surface area contributed by atoms with Gasteiger partial charge in [0.05, 0.1) is 0 Å². The summed E-state index contributed by atoms with van der Waals surface area (Å²) in [5, 5.41) is 3.16. The molecule has 60 valence electrons. The van der Waals surface area contributed by atoms with Gasteiger partial charge in [0.1, 0.15) is 6.17 Å². The maximum absolute atomic E-state index is 12.2. The largest absolute Gasteiger partial charge is 0.314 e. The Bertz CT molecular complexity index is 112. The van der Waals surface area contributed by atoms with Crippen molar-refractivity contribution >= 4 is 12.4 Å². The van der Waals surface area contributed by atoms with E-state index >= 15 is 0 Å². The summed E-state index contributed by atoms with van der Waals surface area (Å²) < 4.78 is 12.2. The number of halogens is 2. The van der Waals surface area contributed by atoms with Gasteiger partial charge in [-0.3, -0.25) is 4.90 Å². The number of likely N-dealkylation sites (tertiary alicyclic amines) is 1. The first-order valence-corrected chi connectivity index (χ1v) is 3.45. The van der Waals surface area contributed by atoms with E-state index in [0.29, 0.717) is 19.1 Å². The summed E-state index contributed by atoms with van der Waals surface area (Å²) in [6.45, 7) is 3.47. The van der Waals surface area contributed by atoms with Crippen LogP contribution in [0.4, 0.5) is 4.39 Å². The average Bonchev–Trinajstić information content (AvgIpc) is 1.57. The monoisotopic (exact) mass is 166 g/mol. The smallest absolute Gasteiger partial charge is 0.125 e. The number of hydrogen-bond acceptors (Lipinski definition) is 2. The van der Waals surface area contributed by atoms with Crippen LogP contribution in [-0.2, 0) is 0 Å². The molecule has 2 aliphatic rings. The fourth-order valence-electron chi connectivity index (χ4n) is 1.29. The Morgan fingerprint density at radius 1 is 1.30 bits per heavy atom. The lowest BCUT2D eigenvalue weighted by Crippen LogP contribution is -2.64. The number of alkyl halides is 1. The highest BCUT2D eigenvalue weighted by Crippen LogP contribution is 2.16. The number of hydrogen-bond donors (Lipinski definition) is 1. The first-order chi connectivity index (χ1) is 4.36. The van der Waals surface area contributed by atoms with Gasteiger partial charge in [0.25, 0.3) is 0 Å². The molecule has 10 heavy (non-hydrogen) atoms. The maximum Gasteiger partial charge on any atom is 0.125 e. The summed E-state index contributed by atoms with van der Waals surface area (Å²) >= 11 is 0. The minimum Gasteiger partial charge on any atom is -0.314 e. The van der Waals surface area contributed by atoms with Crippen molar-refractivity contribution in [2.45, 2.75) is 12.2 Å². The molecule has 0 spiro atoms. The fourth-order valence-corrected chi connectivity index (χ4v) is 1.29. The van der Waals surface area contributed by atoms with Crippen molar-refractivity contribution in [2.75, 3.05) is 26.2 Å². The molecule has 0 aromatic heterocycles. The first-order valence-electron chi connectivity index (χ1n) is 3.45. The van der Waals surface area contributed by atoms with Crippen molar-refractivity contribution in [3.05, 3.63) is 0 Å². The Hall–Kier alpha value is 0.140. The quantitative estimate of drug-likeness (QED) is 0.592. The number of nitrogens with zero attached hydrogens (tertiary/aromatic N) is 1. The van der Waals surface area contributed by atoms with E-state index < -0.39 is 6.17 Å². The fraction of sp³-hybridized carbons (Fsp3) is 1.00. The Morgan fingerprint density at radius 3 is 2.20 bits per heavy atom. The van der Waals surface area contributed by atoms with Crippen LogP contribution in [0.5, 0.6) is 0 Å². The molecule has 0 atom stereocenters. The van der Waals surface area contributed by atoms with E-state index in [2.05, 4.69) is 10.2 Å². The molecule has 0 bridgehead atoms. The first kappa shape index (κ1) is 8.24. The van der Waals surface area contributed by atoms with Crippen molar-refractivity contribution in [3.63, 3.8) is 0 Å². The molecular formula is C6H12ClFN2. The molecule has 0 radical (unpaired) electrons. The van der Waals surface area contributed by atoms with Crippen LogP contribution in [0.1, 0.15) is 0 Å². The minimum absolute atomic E-state index is 0. The lowest BCUT2D eigenvalue weighted by atomic mass is 10.0. The van der Waals surface area contributed by atoms with Gasteiger partial charge in [0.2, 0.25) is 0 Å². The second-order valence-corrected chi connectivity index (χ2v) is 2.86. The summed E-state index contributed by atoms with van der Waals surface area (Å²) in [5.74, 6) is 0. The van der Waals surface area contributed by atoms with Gasteiger partial charge in [-0.15, -0.1) is 12.4 Å². The van der Waals surface area contributed by atoms with Crippen molar-refractivity contribution in [1.82, 2.24) is 10.2 Å². The zero-order valence-electron chi connectivity index (χ0n) is 5.72. The van der Waals surface area contributed by atoms with Crippen LogP contribution in [0.2, 0.25) is 0 Å². The number of nitrogens with one attached hydrogen (secondary N) is 1. The van der Waals surface area contributed by atoms with E-state index in [4.69, 9.17) is 0 Å². The molecule has 4 heteroatoms. The summed E-state index contributed by atoms with van der Waals surface area (Å²) in [7, 11) is 0. The van der Waals surface area contributed by atoms with Gasteiger partial charge in [-0.25, -0.2) is 4.39 Å². The predicted molar refractivity (Wildman–Crippen MR) is 40.4 cm³/mol. The summed E-state index contributed by atoms with van der Waals surface area (Å²) in [6, 6.07) is 0.650. The minimum atomic E-state index is -0.536. The van der Waals surface area contributed by atoms with Gasteiger partial charge in [-0.05, 0) is 0 Å². The zero-order valence-corrected chi connectivity index (χ0v) is 6.53. The second kappa shape index (κ2) is 3.03. The molecule has 0 aromatic rings. The van der Waals surface area contributed by atoms with Gasteiger partial charge in [0.15, 0.2) is 0 Å². The van der Waals surface area contributed by atoms with Gasteiger partial charge >= 0.3 is 0 Å². The summed E-state index contributed by atoms with van der Waals surface area (Å²) in [6.07, 6.45) is -0.536. The van der Waals surface area contributed by atoms with Crippen LogP contribution >= 0.6 is 12.4 Å². The van der Waals surface area contributed by atoms with E-state index in [1.807, 2.05) is 0 Å². The Morgan fingerprint density at radius 2 is 1.90 bits per heavy atom. The van der Waals surface area contributed by atoms with E-state index in [1.54, 1.807) is 0 Å². The van der Waals surface area contributed by atoms with Gasteiger partial charge < -0.3 is 5.32 Å². The van der Waals surface area contributed by atoms with Crippen molar-refractivity contribution in [3.8, 4) is 0 Å². The average molecular weight is 167 g/mol. The molecule has 0 aliphatic carbocycles. The topological polar surface area (TPSA) is 15.3 Å². The third-order valence-corrected chi connectivity index (χ3v) is 2.14. The zero-order chi connectivity index (χ0) is 6.27. The predicted octanol–water partition coefficient (Wildman–Crippen LogP) is 0.0337. The Labute approximate surface area is 66.2 Å². The highest BCUT2D eigenvalue weighted by Gasteiger charge is 2.34. The molecule has 2 heterocycles. The molecule has 0 saturated carbocycles. The van der Waals surface area contributed by atoms with Crippen LogP contribution in [0, 0.1) is 0 Å². The second-order valence-electron chi connectivity index (χ2n) is 2.86. The molecule has 2 aliphatic heterocycles. The Balaban J connectivity index is 0.000000500. The normalized spacial score (nSPS) is 28.5. The van der Waals surface area contributed by atoms with E-state index in [9.17, 15) is 4.39 Å². The van der Waals surface area contributed by atoms with Crippen LogP contribution < -0.4 is 5.32 Å². The molecule has 1 N–H and O–H groups in total. The summed E-state index contributed by atoms with van der Waals surface area (Å²) in [5.41, 5.74) is 0. The van der Waals surface area contributed by atoms with Crippen molar-refractivity contribution in [1.29, 1.82) is 0 Å². The van der Waals surface area contributed by atoms with Crippen LogP contribution in [0.25, 0.3) is 0 Å². The SMILES string of the molecule is Cl.FC1CN(C2CNC2)C1. The Kier molecular flexibility index (Phi) is 2.50. The highest BCUT2D eigenvalue weighted by atomic mass is 35.5. The summed E-state index contributed by atoms with van der Waals surface area (Å²) in [4.78, 5) is 2.20.